The van der Waals surface area contributed by atoms with Crippen molar-refractivity contribution >= 4 is 11.9 Å². The summed E-state index contributed by atoms with van der Waals surface area (Å²) in [4.78, 5) is 24.0. The van der Waals surface area contributed by atoms with Crippen LogP contribution in [0, 0.1) is 0 Å². The van der Waals surface area contributed by atoms with E-state index in [1.165, 1.54) is 0 Å². The molecule has 4 rings (SSSR count). The van der Waals surface area contributed by atoms with Crippen LogP contribution in [0.25, 0.3) is 0 Å². The molecule has 0 spiro atoms. The van der Waals surface area contributed by atoms with Crippen molar-refractivity contribution in [2.45, 2.75) is 31.8 Å². The normalized spacial score (nSPS) is 19.3. The lowest BCUT2D eigenvalue weighted by Gasteiger charge is -2.27. The minimum Gasteiger partial charge on any atom is -0.459 e. The van der Waals surface area contributed by atoms with Crippen molar-refractivity contribution < 1.29 is 38.0 Å². The number of hydrogen-bond acceptors (Lipinski definition) is 8. The smallest absolute Gasteiger partial charge is 0.338 e. The maximum absolute atomic E-state index is 12.0. The van der Waals surface area contributed by atoms with Crippen molar-refractivity contribution in [3.05, 3.63) is 59.7 Å². The van der Waals surface area contributed by atoms with Gasteiger partial charge in [0.1, 0.15) is 36.9 Å². The predicted octanol–water partition coefficient (Wildman–Crippen LogP) is 2.99. The van der Waals surface area contributed by atoms with Gasteiger partial charge in [-0.25, -0.2) is 9.59 Å². The first kappa shape index (κ1) is 21.1. The second-order valence-corrected chi connectivity index (χ2v) is 7.76. The Morgan fingerprint density at radius 1 is 0.774 bits per heavy atom. The molecule has 2 aromatic rings. The number of hydrogen-bond donors (Lipinski definition) is 0. The van der Waals surface area contributed by atoms with Crippen molar-refractivity contribution in [1.29, 1.82) is 0 Å². The Labute approximate surface area is 179 Å². The van der Waals surface area contributed by atoms with Gasteiger partial charge in [-0.3, -0.25) is 0 Å². The molecule has 0 amide bonds. The molecule has 8 heteroatoms. The molecule has 0 bridgehead atoms. The molecular formula is C23H24O8. The number of benzene rings is 2. The van der Waals surface area contributed by atoms with Gasteiger partial charge in [-0.2, -0.15) is 0 Å². The Kier molecular flexibility index (Phi) is 6.11. The topological polar surface area (TPSA) is 96.1 Å². The third-order valence-corrected chi connectivity index (χ3v) is 4.51. The first-order chi connectivity index (χ1) is 14.9. The molecule has 0 N–H and O–H groups in total. The monoisotopic (exact) mass is 428 g/mol. The summed E-state index contributed by atoms with van der Waals surface area (Å²) in [6, 6.07) is 13.2. The van der Waals surface area contributed by atoms with Crippen LogP contribution in [-0.4, -0.2) is 56.4 Å². The van der Waals surface area contributed by atoms with E-state index in [0.29, 0.717) is 35.8 Å². The van der Waals surface area contributed by atoms with E-state index >= 15 is 0 Å². The summed E-state index contributed by atoms with van der Waals surface area (Å²) in [5.74, 6) is -0.720. The molecule has 0 radical (unpaired) electrons. The fraction of sp³-hybridized carbons (Fsp3) is 0.391. The molecule has 2 fully saturated rings. The molecule has 2 aromatic carbocycles. The number of rotatable bonds is 10. The van der Waals surface area contributed by atoms with Crippen molar-refractivity contribution in [2.75, 3.05) is 26.4 Å². The van der Waals surface area contributed by atoms with Crippen LogP contribution >= 0.6 is 0 Å². The second-order valence-electron chi connectivity index (χ2n) is 7.76. The Balaban J connectivity index is 1.28. The van der Waals surface area contributed by atoms with Crippen LogP contribution in [0.3, 0.4) is 0 Å². The molecule has 0 aromatic heterocycles. The highest BCUT2D eigenvalue weighted by molar-refractivity contribution is 5.90. The fourth-order valence-electron chi connectivity index (χ4n) is 2.74. The van der Waals surface area contributed by atoms with Gasteiger partial charge in [0.2, 0.25) is 5.79 Å². The van der Waals surface area contributed by atoms with Crippen molar-refractivity contribution in [3.8, 4) is 11.5 Å². The Morgan fingerprint density at radius 3 is 1.45 bits per heavy atom. The van der Waals surface area contributed by atoms with E-state index in [1.54, 1.807) is 62.4 Å². The van der Waals surface area contributed by atoms with E-state index in [9.17, 15) is 9.59 Å². The van der Waals surface area contributed by atoms with Gasteiger partial charge in [-0.15, -0.1) is 0 Å². The van der Waals surface area contributed by atoms with E-state index in [1.807, 2.05) is 0 Å². The number of ether oxygens (including phenoxy) is 6. The predicted molar refractivity (Wildman–Crippen MR) is 108 cm³/mol. The third kappa shape index (κ3) is 6.44. The zero-order valence-corrected chi connectivity index (χ0v) is 17.4. The average Bonchev–Trinajstić information content (AvgIpc) is 3.66. The Morgan fingerprint density at radius 2 is 1.13 bits per heavy atom. The van der Waals surface area contributed by atoms with Crippen LogP contribution in [0.2, 0.25) is 0 Å². The highest BCUT2D eigenvalue weighted by atomic mass is 16.7. The van der Waals surface area contributed by atoms with Gasteiger partial charge in [0.15, 0.2) is 0 Å². The SMILES string of the molecule is CC(C)(Oc1ccc(C(=O)OCC2CO2)cc1)Oc1ccc(C(=O)OCC2CO2)cc1. The Bertz CT molecular complexity index is 836. The molecule has 2 unspecified atom stereocenters. The standard InChI is InChI=1S/C23H24O8/c1-23(2,30-17-7-3-15(4-8-17)21(24)28-13-19-11-26-19)31-18-9-5-16(6-10-18)22(25)29-14-20-12-27-20/h3-10,19-20H,11-14H2,1-2H3. The van der Waals surface area contributed by atoms with E-state index in [2.05, 4.69) is 0 Å². The first-order valence-corrected chi connectivity index (χ1v) is 10.0. The molecule has 8 nitrogen and oxygen atoms in total. The van der Waals surface area contributed by atoms with Crippen molar-refractivity contribution in [3.63, 3.8) is 0 Å². The molecule has 2 aliphatic heterocycles. The summed E-state index contributed by atoms with van der Waals surface area (Å²) in [6.45, 7) is 5.34. The van der Waals surface area contributed by atoms with Gasteiger partial charge in [0, 0.05) is 13.8 Å². The minimum absolute atomic E-state index is 0.0292. The molecule has 0 saturated carbocycles. The minimum atomic E-state index is -0.989. The van der Waals surface area contributed by atoms with Gasteiger partial charge in [0.25, 0.3) is 0 Å². The number of carbonyl (C=O) groups is 2. The van der Waals surface area contributed by atoms with Gasteiger partial charge < -0.3 is 28.4 Å². The van der Waals surface area contributed by atoms with Crippen molar-refractivity contribution in [2.24, 2.45) is 0 Å². The lowest BCUT2D eigenvalue weighted by Crippen LogP contribution is -2.35. The molecular weight excluding hydrogens is 404 g/mol. The molecule has 0 aliphatic carbocycles. The second kappa shape index (κ2) is 8.95. The molecule has 2 atom stereocenters. The first-order valence-electron chi connectivity index (χ1n) is 10.0. The zero-order valence-electron chi connectivity index (χ0n) is 17.4. The van der Waals surface area contributed by atoms with E-state index in [0.717, 1.165) is 0 Å². The van der Waals surface area contributed by atoms with Crippen LogP contribution < -0.4 is 9.47 Å². The van der Waals surface area contributed by atoms with Crippen LogP contribution in [0.1, 0.15) is 34.6 Å². The maximum atomic E-state index is 12.0. The van der Waals surface area contributed by atoms with Gasteiger partial charge >= 0.3 is 11.9 Å². The van der Waals surface area contributed by atoms with E-state index in [4.69, 9.17) is 28.4 Å². The molecule has 31 heavy (non-hydrogen) atoms. The zero-order chi connectivity index (χ0) is 21.8. The lowest BCUT2D eigenvalue weighted by atomic mass is 10.2. The fourth-order valence-corrected chi connectivity index (χ4v) is 2.74. The lowest BCUT2D eigenvalue weighted by molar-refractivity contribution is -0.0809. The molecule has 2 heterocycles. The Hall–Kier alpha value is -3.10. The largest absolute Gasteiger partial charge is 0.459 e. The summed E-state index contributed by atoms with van der Waals surface area (Å²) in [5, 5.41) is 0. The summed E-state index contributed by atoms with van der Waals surface area (Å²) >= 11 is 0. The van der Waals surface area contributed by atoms with Gasteiger partial charge in [-0.1, -0.05) is 0 Å². The summed E-state index contributed by atoms with van der Waals surface area (Å²) in [6.07, 6.45) is 0.0584. The molecule has 2 aliphatic rings. The number of epoxide rings is 2. The average molecular weight is 428 g/mol. The highest BCUT2D eigenvalue weighted by Gasteiger charge is 2.26. The molecule has 2 saturated heterocycles. The van der Waals surface area contributed by atoms with Gasteiger partial charge in [-0.05, 0) is 48.5 Å². The number of esters is 2. The maximum Gasteiger partial charge on any atom is 0.338 e. The van der Waals surface area contributed by atoms with E-state index in [-0.39, 0.29) is 25.4 Å². The third-order valence-electron chi connectivity index (χ3n) is 4.51. The number of carbonyl (C=O) groups excluding carboxylic acids is 2. The summed E-state index contributed by atoms with van der Waals surface area (Å²) < 4.78 is 32.2. The quantitative estimate of drug-likeness (QED) is 0.324. The molecule has 164 valence electrons. The van der Waals surface area contributed by atoms with Crippen LogP contribution in [0.15, 0.2) is 48.5 Å². The summed E-state index contributed by atoms with van der Waals surface area (Å²) in [7, 11) is 0. The van der Waals surface area contributed by atoms with Crippen molar-refractivity contribution in [1.82, 2.24) is 0 Å². The van der Waals surface area contributed by atoms with Gasteiger partial charge in [0.05, 0.1) is 24.3 Å². The van der Waals surface area contributed by atoms with E-state index < -0.39 is 17.7 Å². The van der Waals surface area contributed by atoms with Crippen LogP contribution in [-0.2, 0) is 18.9 Å². The van der Waals surface area contributed by atoms with Crippen LogP contribution in [0.4, 0.5) is 0 Å². The summed E-state index contributed by atoms with van der Waals surface area (Å²) in [5.41, 5.74) is 0.866. The van der Waals surface area contributed by atoms with Crippen LogP contribution in [0.5, 0.6) is 11.5 Å². The highest BCUT2D eigenvalue weighted by Crippen LogP contribution is 2.24.